The summed E-state index contributed by atoms with van der Waals surface area (Å²) in [5.74, 6) is -0.0668. The van der Waals surface area contributed by atoms with Crippen LogP contribution in [0, 0.1) is 5.92 Å². The van der Waals surface area contributed by atoms with Gasteiger partial charge in [-0.05, 0) is 84.6 Å². The first kappa shape index (κ1) is 36.2. The number of hydrogen-bond acceptors (Lipinski definition) is 5. The first-order chi connectivity index (χ1) is 22.5. The highest BCUT2D eigenvalue weighted by Crippen LogP contribution is 2.28. The van der Waals surface area contributed by atoms with Crippen molar-refractivity contribution >= 4 is 59.4 Å². The third-order valence-electron chi connectivity index (χ3n) is 7.34. The second kappa shape index (κ2) is 16.9. The second-order valence-corrected chi connectivity index (χ2v) is 15.1. The number of ether oxygens (including phenoxy) is 1. The number of amides is 2. The quantitative estimate of drug-likeness (QED) is 0.138. The number of benzene rings is 4. The Balaban J connectivity index is 1.79. The van der Waals surface area contributed by atoms with Gasteiger partial charge in [0.1, 0.15) is 18.3 Å². The van der Waals surface area contributed by atoms with Crippen molar-refractivity contribution in [3.05, 3.63) is 123 Å². The van der Waals surface area contributed by atoms with Crippen molar-refractivity contribution in [2.75, 3.05) is 24.0 Å². The van der Waals surface area contributed by atoms with E-state index in [2.05, 4.69) is 37.2 Å². The van der Waals surface area contributed by atoms with Crippen LogP contribution in [0.5, 0.6) is 5.75 Å². The van der Waals surface area contributed by atoms with Crippen molar-refractivity contribution in [3.63, 3.8) is 0 Å². The number of nitrogens with zero attached hydrogens (tertiary/aromatic N) is 2. The van der Waals surface area contributed by atoms with Crippen LogP contribution >= 0.6 is 31.9 Å². The number of nitrogens with one attached hydrogen (secondary N) is 1. The molecule has 0 aliphatic carbocycles. The van der Waals surface area contributed by atoms with Gasteiger partial charge in [0.05, 0.1) is 17.2 Å². The van der Waals surface area contributed by atoms with Gasteiger partial charge in [-0.2, -0.15) is 0 Å². The van der Waals surface area contributed by atoms with E-state index in [1.54, 1.807) is 36.4 Å². The molecular weight excluding hydrogens is 746 g/mol. The van der Waals surface area contributed by atoms with E-state index in [0.29, 0.717) is 18.9 Å². The van der Waals surface area contributed by atoms with Gasteiger partial charge in [0.2, 0.25) is 11.8 Å². The zero-order valence-corrected chi connectivity index (χ0v) is 30.6. The van der Waals surface area contributed by atoms with Crippen molar-refractivity contribution in [2.45, 2.75) is 44.7 Å². The lowest BCUT2D eigenvalue weighted by Gasteiger charge is -2.34. The van der Waals surface area contributed by atoms with Gasteiger partial charge in [-0.25, -0.2) is 8.42 Å². The minimum absolute atomic E-state index is 0.0253. The summed E-state index contributed by atoms with van der Waals surface area (Å²) in [6, 6.07) is 28.9. The Labute approximate surface area is 294 Å². The Hall–Kier alpha value is -3.67. The summed E-state index contributed by atoms with van der Waals surface area (Å²) in [7, 11) is -4.21. The molecule has 0 aliphatic rings. The van der Waals surface area contributed by atoms with Gasteiger partial charge < -0.3 is 15.0 Å². The topological polar surface area (TPSA) is 96.0 Å². The maximum atomic E-state index is 14.6. The first-order valence-corrected chi connectivity index (χ1v) is 18.4. The number of anilines is 1. The molecule has 1 atom stereocenters. The molecule has 0 fully saturated rings. The molecule has 0 aromatic heterocycles. The minimum Gasteiger partial charge on any atom is -0.494 e. The predicted molar refractivity (Wildman–Crippen MR) is 193 cm³/mol. The van der Waals surface area contributed by atoms with E-state index in [9.17, 15) is 18.0 Å². The lowest BCUT2D eigenvalue weighted by atomic mass is 10.0. The van der Waals surface area contributed by atoms with Crippen LogP contribution in [0.1, 0.15) is 31.9 Å². The van der Waals surface area contributed by atoms with E-state index >= 15 is 0 Å². The minimum atomic E-state index is -4.21. The van der Waals surface area contributed by atoms with Gasteiger partial charge in [-0.3, -0.25) is 13.9 Å². The molecule has 8 nitrogen and oxygen atoms in total. The van der Waals surface area contributed by atoms with Crippen LogP contribution in [0.3, 0.4) is 0 Å². The Kier molecular flexibility index (Phi) is 13.0. The first-order valence-electron chi connectivity index (χ1n) is 15.3. The molecule has 0 spiro atoms. The van der Waals surface area contributed by atoms with Crippen LogP contribution in [-0.4, -0.2) is 50.9 Å². The van der Waals surface area contributed by atoms with Gasteiger partial charge >= 0.3 is 0 Å². The Morgan fingerprint density at radius 1 is 0.809 bits per heavy atom. The van der Waals surface area contributed by atoms with Gasteiger partial charge in [0.15, 0.2) is 0 Å². The highest BCUT2D eigenvalue weighted by Gasteiger charge is 2.34. The number of rotatable bonds is 15. The lowest BCUT2D eigenvalue weighted by Crippen LogP contribution is -2.53. The van der Waals surface area contributed by atoms with E-state index in [4.69, 9.17) is 4.74 Å². The maximum Gasteiger partial charge on any atom is 0.264 e. The van der Waals surface area contributed by atoms with E-state index < -0.39 is 28.5 Å². The summed E-state index contributed by atoms with van der Waals surface area (Å²) in [4.78, 5) is 30.0. The normalized spacial score (nSPS) is 12.0. The fourth-order valence-corrected chi connectivity index (χ4v) is 6.84. The van der Waals surface area contributed by atoms with Gasteiger partial charge in [-0.15, -0.1) is 0 Å². The molecule has 11 heteroatoms. The average molecular weight is 786 g/mol. The molecule has 0 unspecified atom stereocenters. The van der Waals surface area contributed by atoms with Crippen LogP contribution in [0.15, 0.2) is 117 Å². The van der Waals surface area contributed by atoms with E-state index in [1.165, 1.54) is 17.0 Å². The third kappa shape index (κ3) is 10.2. The Bertz CT molecular complexity index is 1720. The molecule has 1 N–H and O–H groups in total. The average Bonchev–Trinajstić information content (AvgIpc) is 3.06. The molecule has 0 saturated heterocycles. The Morgan fingerprint density at radius 2 is 1.40 bits per heavy atom. The second-order valence-electron chi connectivity index (χ2n) is 11.4. The predicted octanol–water partition coefficient (Wildman–Crippen LogP) is 7.22. The number of sulfonamides is 1. The summed E-state index contributed by atoms with van der Waals surface area (Å²) >= 11 is 6.83. The highest BCUT2D eigenvalue weighted by molar-refractivity contribution is 9.10. The van der Waals surface area contributed by atoms with Crippen LogP contribution < -0.4 is 14.4 Å². The monoisotopic (exact) mass is 783 g/mol. The fraction of sp³-hybridized carbons (Fsp3) is 0.278. The summed E-state index contributed by atoms with van der Waals surface area (Å²) in [5, 5.41) is 3.01. The fourth-order valence-electron chi connectivity index (χ4n) is 4.90. The summed E-state index contributed by atoms with van der Waals surface area (Å²) in [6.45, 7) is 6.30. The number of carbonyl (C=O) groups excluding carboxylic acids is 2. The highest BCUT2D eigenvalue weighted by atomic mass is 79.9. The summed E-state index contributed by atoms with van der Waals surface area (Å²) in [6.07, 6.45) is 0.246. The van der Waals surface area contributed by atoms with Gasteiger partial charge in [-0.1, -0.05) is 88.2 Å². The van der Waals surface area contributed by atoms with E-state index in [1.807, 2.05) is 75.4 Å². The molecule has 0 saturated carbocycles. The number of hydrogen-bond donors (Lipinski definition) is 1. The summed E-state index contributed by atoms with van der Waals surface area (Å²) < 4.78 is 36.7. The van der Waals surface area contributed by atoms with Crippen LogP contribution in [0.4, 0.5) is 5.69 Å². The molecule has 4 aromatic carbocycles. The molecule has 0 aliphatic heterocycles. The Morgan fingerprint density at radius 3 is 1.98 bits per heavy atom. The van der Waals surface area contributed by atoms with E-state index in [-0.39, 0.29) is 35.4 Å². The van der Waals surface area contributed by atoms with Crippen LogP contribution in [0.25, 0.3) is 0 Å². The summed E-state index contributed by atoms with van der Waals surface area (Å²) in [5.41, 5.74) is 1.95. The molecular formula is C36H39Br2N3O5S. The van der Waals surface area contributed by atoms with Crippen molar-refractivity contribution in [1.29, 1.82) is 0 Å². The third-order valence-corrected chi connectivity index (χ3v) is 10.2. The number of halogens is 2. The maximum absolute atomic E-state index is 14.6. The molecule has 47 heavy (non-hydrogen) atoms. The standard InChI is InChI=1S/C36H39Br2N3O5S/c1-4-46-32-18-16-31(17-19-32)41(47(44,45)33-20-14-30(38)15-21-33)25-35(42)40(24-28-10-12-29(37)13-11-28)34(36(43)39-23-26(2)3)22-27-8-6-5-7-9-27/h5-21,26,34H,4,22-25H2,1-3H3,(H,39,43)/t34-/m1/s1. The van der Waals surface area contributed by atoms with Crippen LogP contribution in [0.2, 0.25) is 0 Å². The molecule has 4 rings (SSSR count). The molecule has 0 bridgehead atoms. The zero-order chi connectivity index (χ0) is 34.0. The van der Waals surface area contributed by atoms with Crippen molar-refractivity contribution < 1.29 is 22.7 Å². The van der Waals surface area contributed by atoms with Crippen molar-refractivity contribution in [1.82, 2.24) is 10.2 Å². The SMILES string of the molecule is CCOc1ccc(N(CC(=O)N(Cc2ccc(Br)cc2)[C@H](Cc2ccccc2)C(=O)NCC(C)C)S(=O)(=O)c2ccc(Br)cc2)cc1. The van der Waals surface area contributed by atoms with E-state index in [0.717, 1.165) is 24.4 Å². The molecule has 0 radical (unpaired) electrons. The molecule has 4 aromatic rings. The van der Waals surface area contributed by atoms with Crippen molar-refractivity contribution in [3.8, 4) is 5.75 Å². The molecule has 248 valence electrons. The van der Waals surface area contributed by atoms with Crippen LogP contribution in [-0.2, 0) is 32.6 Å². The van der Waals surface area contributed by atoms with Crippen molar-refractivity contribution in [2.24, 2.45) is 5.92 Å². The number of carbonyl (C=O) groups is 2. The van der Waals surface area contributed by atoms with Gasteiger partial charge in [0.25, 0.3) is 10.0 Å². The molecule has 2 amide bonds. The smallest absolute Gasteiger partial charge is 0.264 e. The largest absolute Gasteiger partial charge is 0.494 e. The lowest BCUT2D eigenvalue weighted by molar-refractivity contribution is -0.140. The zero-order valence-electron chi connectivity index (χ0n) is 26.6. The molecule has 0 heterocycles. The van der Waals surface area contributed by atoms with Gasteiger partial charge in [0, 0.05) is 28.5 Å².